The Morgan fingerprint density at radius 1 is 0.0200 bits per heavy atom. The van der Waals surface area contributed by atoms with Gasteiger partial charge in [0.2, 0.25) is 0 Å². The quantitative estimate of drug-likeness (QED) is 0.204. The van der Waals surface area contributed by atoms with Crippen LogP contribution in [0.15, 0.2) is 0 Å². The summed E-state index contributed by atoms with van der Waals surface area (Å²) in [4.78, 5) is 0. The fourth-order valence-electron chi connectivity index (χ4n) is 0. The molecule has 0 aliphatic rings. The first-order chi connectivity index (χ1) is 0. The van der Waals surface area contributed by atoms with E-state index in [4.69, 9.17) is 0 Å². The molecule has 0 saturated heterocycles. The van der Waals surface area contributed by atoms with Gasteiger partial charge in [-0.1, -0.05) is 0 Å². The molecule has 0 bridgehead atoms. The average molecular weight is 2910 g/mol. The molecule has 0 atom stereocenters. The fraction of sp³-hybridized carbons (Fsp3) is 0. The Kier molecular flexibility index (Phi) is 8010. The summed E-state index contributed by atoms with van der Waals surface area (Å²) < 4.78 is 0. The first kappa shape index (κ1) is 903. The molecule has 0 radical (unpaired) electrons. The van der Waals surface area contributed by atoms with E-state index in [9.17, 15) is 0 Å². The van der Waals surface area contributed by atoms with Crippen LogP contribution in [0.4, 0.5) is 0 Å². The first-order valence-electron chi connectivity index (χ1n) is 0. The summed E-state index contributed by atoms with van der Waals surface area (Å²) >= 11 is 0. The van der Waals surface area contributed by atoms with Crippen LogP contribution < -0.4 is 0 Å². The zero-order chi connectivity index (χ0) is 0. The zero-order valence-electron chi connectivity index (χ0n) is 25.0. The fourth-order valence-corrected chi connectivity index (χ4v) is 0. The summed E-state index contributed by atoms with van der Waals surface area (Å²) in [5.41, 5.74) is 0. The third-order valence-electron chi connectivity index (χ3n) is 0. The first-order valence-corrected chi connectivity index (χ1v) is 0. The van der Waals surface area contributed by atoms with Crippen LogP contribution in [0.5, 0.6) is 0 Å². The summed E-state index contributed by atoms with van der Waals surface area (Å²) in [6.45, 7) is 0. The Morgan fingerprint density at radius 3 is 0.0200 bits per heavy atom. The molecule has 50 nitrogen and oxygen atoms in total. The van der Waals surface area contributed by atoms with Crippen LogP contribution in [-0.4, -0.2) is 2840 Å². The SMILES string of the molecule is O.O.O.O.O.O.O.O.O.O.O.O.O.O.O.O.O.O.O.O.O.O.O.O.O.O.O.O.O.O.O.O.O.O.O.O.O.O.O.O.O.O.O.O.O.O.O.O.O.O.[KH].[KH].[KH].[KH].[KH].[KH].[KH].[KH].[KH].[KH].[KH].[KH].[KH].[KH].[KH].[KH].[KH].[KH].[KH].[KH].[KH].[KH].[KH].[KH].[KH].[KH].[KH].[KH].[KH].[KH].[KH].[KH].[KH].[KH].[KH].[KH].[KH].[KH].[KH].[KH].[KH].[KH].[KH].[KH].[KH].[KH].[KH].[KH].[KH].[KH]. The maximum absolute atomic E-state index is 0. The predicted octanol–water partition coefficient (Wildman–Crippen LogP) is -73.7. The second-order valence-electron chi connectivity index (χ2n) is 0. The number of rotatable bonds is 0. The predicted molar refractivity (Wildman–Crippen MR) is 538 cm³/mol. The minimum absolute atomic E-state index is 0. The van der Waals surface area contributed by atoms with E-state index in [2.05, 4.69) is 0 Å². The normalized spacial score (nSPS) is 0. The molecule has 0 aromatic carbocycles. The Bertz CT molecular complexity index is 100. The Hall–Kier alpha value is 79.8. The molecular formula is H150K50O50. The van der Waals surface area contributed by atoms with Crippen LogP contribution in [0.3, 0.4) is 0 Å². The summed E-state index contributed by atoms with van der Waals surface area (Å²) in [7, 11) is 0. The third kappa shape index (κ3) is 873. The topological polar surface area (TPSA) is 1580 Å². The van der Waals surface area contributed by atoms with Gasteiger partial charge in [0.15, 0.2) is 0 Å². The van der Waals surface area contributed by atoms with Gasteiger partial charge >= 0.3 is 2570 Å². The number of hydrogen-bond donors (Lipinski definition) is 0. The van der Waals surface area contributed by atoms with Crippen molar-refractivity contribution in [1.82, 2.24) is 0 Å². The summed E-state index contributed by atoms with van der Waals surface area (Å²) in [5.74, 6) is 0. The zero-order valence-corrected chi connectivity index (χ0v) is 25.0. The van der Waals surface area contributed by atoms with Crippen molar-refractivity contribution in [2.24, 2.45) is 0 Å². The van der Waals surface area contributed by atoms with E-state index in [1.54, 1.807) is 0 Å². The van der Waals surface area contributed by atoms with Gasteiger partial charge in [0.25, 0.3) is 0 Å². The Balaban J connectivity index is 0. The van der Waals surface area contributed by atoms with E-state index in [1.165, 1.54) is 0 Å². The van der Waals surface area contributed by atoms with Gasteiger partial charge in [0, 0.05) is 0 Å². The van der Waals surface area contributed by atoms with E-state index in [-0.39, 0.29) is 2840 Å². The summed E-state index contributed by atoms with van der Waals surface area (Å²) in [6.07, 6.45) is 0. The molecule has 0 unspecified atom stereocenters. The van der Waals surface area contributed by atoms with Gasteiger partial charge in [-0.15, -0.1) is 0 Å². The molecule has 0 saturated carbocycles. The summed E-state index contributed by atoms with van der Waals surface area (Å²) in [5, 5.41) is 0. The van der Waals surface area contributed by atoms with Crippen LogP contribution >= 0.6 is 0 Å². The van der Waals surface area contributed by atoms with Crippen LogP contribution in [0, 0.1) is 0 Å². The van der Waals surface area contributed by atoms with Gasteiger partial charge in [-0.25, -0.2) is 0 Å². The maximum atomic E-state index is 0. The van der Waals surface area contributed by atoms with E-state index >= 15 is 0 Å². The molecule has 100 heteroatoms. The molecule has 0 heterocycles. The van der Waals surface area contributed by atoms with E-state index in [1.807, 2.05) is 0 Å². The van der Waals surface area contributed by atoms with Crippen molar-refractivity contribution in [3.05, 3.63) is 0 Å². The van der Waals surface area contributed by atoms with E-state index in [0.717, 1.165) is 0 Å². The van der Waals surface area contributed by atoms with Crippen molar-refractivity contribution in [2.45, 2.75) is 0 Å². The van der Waals surface area contributed by atoms with Gasteiger partial charge in [0.1, 0.15) is 0 Å². The van der Waals surface area contributed by atoms with Crippen LogP contribution in [0.25, 0.3) is 0 Å². The molecule has 0 amide bonds. The van der Waals surface area contributed by atoms with Crippen LogP contribution in [-0.2, 0) is 0 Å². The molecule has 100 heavy (non-hydrogen) atoms. The van der Waals surface area contributed by atoms with Crippen molar-refractivity contribution in [1.29, 1.82) is 0 Å². The van der Waals surface area contributed by atoms with Crippen molar-refractivity contribution < 1.29 is 274 Å². The Morgan fingerprint density at radius 2 is 0.0200 bits per heavy atom. The standard InChI is InChI=1S/50K.50H2O.50H/h;;;;;;;;;;;;;;;;;;;;;;;;;;;;;;;;;;;;;;;;;;;;;;;;;;50*1H2;;;;;;;;;;;;;;;;;;;;;;;;;;;;;;;;;;;;;;;;;;;;;;;;;;. The second-order valence-corrected chi connectivity index (χ2v) is 0. The summed E-state index contributed by atoms with van der Waals surface area (Å²) in [6, 6.07) is 0. The molecular weight excluding hydrogens is 2750 g/mol. The van der Waals surface area contributed by atoms with Crippen LogP contribution in [0.2, 0.25) is 0 Å². The van der Waals surface area contributed by atoms with Crippen molar-refractivity contribution in [3.63, 3.8) is 0 Å². The van der Waals surface area contributed by atoms with Gasteiger partial charge in [0.05, 0.1) is 0 Å². The van der Waals surface area contributed by atoms with Gasteiger partial charge in [-0.3, -0.25) is 0 Å². The van der Waals surface area contributed by atoms with E-state index < -0.39 is 0 Å². The molecule has 0 rings (SSSR count). The van der Waals surface area contributed by atoms with Crippen molar-refractivity contribution in [2.75, 3.05) is 0 Å². The molecule has 0 aliphatic heterocycles. The van der Waals surface area contributed by atoms with Gasteiger partial charge < -0.3 is 274 Å². The molecule has 500 valence electrons. The third-order valence-corrected chi connectivity index (χ3v) is 0. The monoisotopic (exact) mass is 2900 g/mol. The second kappa shape index (κ2) is 887. The molecule has 0 aliphatic carbocycles. The van der Waals surface area contributed by atoms with Crippen molar-refractivity contribution >= 4 is 2570 Å². The van der Waals surface area contributed by atoms with Crippen molar-refractivity contribution in [3.8, 4) is 0 Å². The van der Waals surface area contributed by atoms with Crippen LogP contribution in [0.1, 0.15) is 0 Å². The molecule has 0 spiro atoms. The molecule has 0 fully saturated rings. The van der Waals surface area contributed by atoms with E-state index in [0.29, 0.717) is 0 Å². The van der Waals surface area contributed by atoms with Gasteiger partial charge in [-0.05, 0) is 0 Å². The molecule has 100 N–H and O–H groups in total. The molecule has 0 aromatic rings. The number of hydrogen-bond acceptors (Lipinski definition) is 0. The Labute approximate surface area is 2720 Å². The average Bonchev–Trinajstić information content (AvgIpc) is 0. The minimum atomic E-state index is 0. The van der Waals surface area contributed by atoms with Gasteiger partial charge in [-0.2, -0.15) is 0 Å². The molecule has 0 aromatic heterocycles.